The summed E-state index contributed by atoms with van der Waals surface area (Å²) in [6.45, 7) is 0.582. The quantitative estimate of drug-likeness (QED) is 0.512. The molecule has 3 rings (SSSR count). The normalized spacial score (nSPS) is 13.4. The Bertz CT molecular complexity index is 735. The van der Waals surface area contributed by atoms with Crippen molar-refractivity contribution >= 4 is 16.7 Å². The van der Waals surface area contributed by atoms with Gasteiger partial charge in [-0.15, -0.1) is 0 Å². The van der Waals surface area contributed by atoms with Crippen LogP contribution in [0.15, 0.2) is 91.0 Å². The minimum atomic E-state index is -0.661. The summed E-state index contributed by atoms with van der Waals surface area (Å²) in [7, 11) is 0.665. The third-order valence-electron chi connectivity index (χ3n) is 4.46. The van der Waals surface area contributed by atoms with Crippen molar-refractivity contribution in [2.24, 2.45) is 0 Å². The fourth-order valence-corrected chi connectivity index (χ4v) is 4.39. The maximum atomic E-state index is 11.4. The second kappa shape index (κ2) is 7.28. The lowest BCUT2D eigenvalue weighted by Gasteiger charge is -2.37. The zero-order chi connectivity index (χ0) is 16.8. The minimum absolute atomic E-state index is 0.0424. The summed E-state index contributed by atoms with van der Waals surface area (Å²) in [5.41, 5.74) is 3.32. The molecule has 3 aromatic rings. The molecule has 120 valence electrons. The SMILES string of the molecule is O=COC([SiH3])(c1ccccc1)C(c1ccccc1)c1ccccc1. The Balaban J connectivity index is 2.20. The number of hydrogen-bond acceptors (Lipinski definition) is 2. The fourth-order valence-electron chi connectivity index (χ4n) is 3.29. The molecule has 0 N–H and O–H groups in total. The molecule has 24 heavy (non-hydrogen) atoms. The van der Waals surface area contributed by atoms with E-state index in [-0.39, 0.29) is 5.92 Å². The Morgan fingerprint density at radius 1 is 0.750 bits per heavy atom. The molecule has 1 atom stereocenters. The van der Waals surface area contributed by atoms with Gasteiger partial charge in [0.1, 0.15) is 5.22 Å². The number of carbonyl (C=O) groups is 1. The van der Waals surface area contributed by atoms with Gasteiger partial charge in [0, 0.05) is 5.92 Å². The van der Waals surface area contributed by atoms with E-state index in [0.29, 0.717) is 16.7 Å². The summed E-state index contributed by atoms with van der Waals surface area (Å²) in [4.78, 5) is 11.4. The molecule has 0 aromatic heterocycles. The van der Waals surface area contributed by atoms with Gasteiger partial charge >= 0.3 is 0 Å². The molecule has 0 amide bonds. The van der Waals surface area contributed by atoms with Gasteiger partial charge in [-0.2, -0.15) is 0 Å². The predicted octanol–water partition coefficient (Wildman–Crippen LogP) is 3.21. The maximum absolute atomic E-state index is 11.4. The van der Waals surface area contributed by atoms with Crippen LogP contribution in [0, 0.1) is 0 Å². The Morgan fingerprint density at radius 2 is 1.17 bits per heavy atom. The van der Waals surface area contributed by atoms with Gasteiger partial charge in [-0.05, 0) is 16.7 Å². The third-order valence-corrected chi connectivity index (χ3v) is 5.85. The lowest BCUT2D eigenvalue weighted by atomic mass is 9.82. The van der Waals surface area contributed by atoms with E-state index in [4.69, 9.17) is 4.74 Å². The first kappa shape index (κ1) is 16.2. The zero-order valence-corrected chi connectivity index (χ0v) is 15.6. The zero-order valence-electron chi connectivity index (χ0n) is 13.6. The molecule has 0 saturated carbocycles. The van der Waals surface area contributed by atoms with Crippen molar-refractivity contribution in [3.05, 3.63) is 108 Å². The first-order valence-electron chi connectivity index (χ1n) is 8.02. The van der Waals surface area contributed by atoms with Gasteiger partial charge in [0.15, 0.2) is 0 Å². The molecule has 3 aromatic carbocycles. The molecule has 2 nitrogen and oxygen atoms in total. The Kier molecular flexibility index (Phi) is 4.92. The lowest BCUT2D eigenvalue weighted by Crippen LogP contribution is -2.38. The van der Waals surface area contributed by atoms with Crippen LogP contribution in [-0.2, 0) is 14.8 Å². The minimum Gasteiger partial charge on any atom is -0.461 e. The van der Waals surface area contributed by atoms with E-state index in [2.05, 4.69) is 24.3 Å². The van der Waals surface area contributed by atoms with Crippen LogP contribution in [0.2, 0.25) is 0 Å². The molecular weight excluding hydrogens is 312 g/mol. The maximum Gasteiger partial charge on any atom is 0.293 e. The number of benzene rings is 3. The molecule has 1 unspecified atom stereocenters. The van der Waals surface area contributed by atoms with Gasteiger partial charge in [-0.1, -0.05) is 91.0 Å². The highest BCUT2D eigenvalue weighted by Gasteiger charge is 2.39. The van der Waals surface area contributed by atoms with Crippen LogP contribution in [0.25, 0.3) is 0 Å². The summed E-state index contributed by atoms with van der Waals surface area (Å²) in [5.74, 6) is -0.0424. The van der Waals surface area contributed by atoms with Crippen LogP contribution in [0.3, 0.4) is 0 Å². The van der Waals surface area contributed by atoms with Crippen LogP contribution in [-0.4, -0.2) is 16.7 Å². The van der Waals surface area contributed by atoms with E-state index < -0.39 is 5.22 Å². The summed E-state index contributed by atoms with van der Waals surface area (Å²) in [5, 5.41) is -0.661. The molecule has 0 aliphatic rings. The average molecular weight is 332 g/mol. The van der Waals surface area contributed by atoms with Gasteiger partial charge in [0.25, 0.3) is 6.47 Å². The van der Waals surface area contributed by atoms with Crippen molar-refractivity contribution in [3.8, 4) is 0 Å². The smallest absolute Gasteiger partial charge is 0.293 e. The van der Waals surface area contributed by atoms with E-state index in [1.54, 1.807) is 0 Å². The molecule has 0 spiro atoms. The summed E-state index contributed by atoms with van der Waals surface area (Å²) in [6, 6.07) is 30.5. The third kappa shape index (κ3) is 3.17. The van der Waals surface area contributed by atoms with Gasteiger partial charge in [-0.3, -0.25) is 4.79 Å². The summed E-state index contributed by atoms with van der Waals surface area (Å²) < 4.78 is 5.77. The largest absolute Gasteiger partial charge is 0.461 e. The average Bonchev–Trinajstić information content (AvgIpc) is 2.65. The van der Waals surface area contributed by atoms with Crippen molar-refractivity contribution in [1.82, 2.24) is 0 Å². The van der Waals surface area contributed by atoms with Gasteiger partial charge in [0.2, 0.25) is 0 Å². The van der Waals surface area contributed by atoms with Crippen molar-refractivity contribution < 1.29 is 9.53 Å². The molecule has 0 fully saturated rings. The molecule has 0 heterocycles. The van der Waals surface area contributed by atoms with E-state index in [1.165, 1.54) is 0 Å². The predicted molar refractivity (Wildman–Crippen MR) is 99.9 cm³/mol. The molecule has 0 aliphatic heterocycles. The number of ether oxygens (including phenoxy) is 1. The summed E-state index contributed by atoms with van der Waals surface area (Å²) >= 11 is 0. The topological polar surface area (TPSA) is 26.3 Å². The fraction of sp³-hybridized carbons (Fsp3) is 0.0952. The van der Waals surface area contributed by atoms with Crippen LogP contribution in [0.1, 0.15) is 22.6 Å². The molecule has 3 heteroatoms. The number of carbonyl (C=O) groups excluding carboxylic acids is 1. The molecule has 0 saturated heterocycles. The van der Waals surface area contributed by atoms with E-state index in [9.17, 15) is 4.79 Å². The highest BCUT2D eigenvalue weighted by atomic mass is 28.1. The number of rotatable bonds is 6. The second-order valence-corrected chi connectivity index (χ2v) is 7.43. The highest BCUT2D eigenvalue weighted by Crippen LogP contribution is 2.42. The molecule has 0 radical (unpaired) electrons. The lowest BCUT2D eigenvalue weighted by molar-refractivity contribution is -0.138. The number of hydrogen-bond donors (Lipinski definition) is 0. The Morgan fingerprint density at radius 3 is 1.58 bits per heavy atom. The van der Waals surface area contributed by atoms with Gasteiger partial charge in [-0.25, -0.2) is 0 Å². The van der Waals surface area contributed by atoms with Crippen LogP contribution >= 0.6 is 0 Å². The Hall–Kier alpha value is -2.65. The Labute approximate surface area is 145 Å². The monoisotopic (exact) mass is 332 g/mol. The standard InChI is InChI=1S/C21H20O2Si/c22-16-23-21(24,19-14-8-3-9-15-19)20(17-10-4-1-5-11-17)18-12-6-2-7-13-18/h1-16,20H,24H3. The van der Waals surface area contributed by atoms with Crippen molar-refractivity contribution in [1.29, 1.82) is 0 Å². The van der Waals surface area contributed by atoms with Crippen LogP contribution < -0.4 is 0 Å². The van der Waals surface area contributed by atoms with Crippen LogP contribution in [0.5, 0.6) is 0 Å². The second-order valence-electron chi connectivity index (χ2n) is 5.94. The molecular formula is C21H20O2Si. The van der Waals surface area contributed by atoms with E-state index in [1.807, 2.05) is 66.7 Å². The van der Waals surface area contributed by atoms with E-state index in [0.717, 1.165) is 16.7 Å². The molecule has 0 aliphatic carbocycles. The van der Waals surface area contributed by atoms with Crippen molar-refractivity contribution in [2.45, 2.75) is 11.1 Å². The first-order valence-corrected chi connectivity index (χ1v) is 9.02. The van der Waals surface area contributed by atoms with E-state index >= 15 is 0 Å². The van der Waals surface area contributed by atoms with Gasteiger partial charge < -0.3 is 4.74 Å². The first-order chi connectivity index (χ1) is 11.8. The van der Waals surface area contributed by atoms with Crippen molar-refractivity contribution in [2.75, 3.05) is 0 Å². The van der Waals surface area contributed by atoms with Gasteiger partial charge in [0.05, 0.1) is 10.2 Å². The van der Waals surface area contributed by atoms with Crippen molar-refractivity contribution in [3.63, 3.8) is 0 Å². The molecule has 0 bridgehead atoms. The van der Waals surface area contributed by atoms with Crippen LogP contribution in [0.4, 0.5) is 0 Å². The highest BCUT2D eigenvalue weighted by molar-refractivity contribution is 6.16. The summed E-state index contributed by atoms with van der Waals surface area (Å²) in [6.07, 6.45) is 0.